The number of hydrogen-bond donors (Lipinski definition) is 1. The number of hydrogen-bond acceptors (Lipinski definition) is 5. The standard InChI is InChI=1S/C16H27N5/c1-12(2)14-10-21(16-8-15(17)18-11-19-16)7-3-6-20(14)9-13-4-5-13/h8,11-14H,3-7,9-10H2,1-2H3,(H2,17,18,19). The molecule has 1 aromatic rings. The molecule has 5 nitrogen and oxygen atoms in total. The first-order chi connectivity index (χ1) is 10.1. The number of anilines is 2. The van der Waals surface area contributed by atoms with Crippen molar-refractivity contribution in [2.75, 3.05) is 36.8 Å². The van der Waals surface area contributed by atoms with Crippen molar-refractivity contribution >= 4 is 11.6 Å². The van der Waals surface area contributed by atoms with Crippen molar-refractivity contribution in [2.45, 2.75) is 39.2 Å². The van der Waals surface area contributed by atoms with Gasteiger partial charge in [-0.25, -0.2) is 9.97 Å². The second-order valence-electron chi connectivity index (χ2n) is 6.85. The normalized spacial score (nSPS) is 24.3. The first-order valence-electron chi connectivity index (χ1n) is 8.20. The van der Waals surface area contributed by atoms with E-state index in [4.69, 9.17) is 5.73 Å². The van der Waals surface area contributed by atoms with Gasteiger partial charge in [0.1, 0.15) is 18.0 Å². The van der Waals surface area contributed by atoms with Crippen molar-refractivity contribution < 1.29 is 0 Å². The van der Waals surface area contributed by atoms with Gasteiger partial charge in [0.15, 0.2) is 0 Å². The minimum absolute atomic E-state index is 0.556. The molecule has 1 aliphatic heterocycles. The molecule has 0 amide bonds. The molecule has 3 rings (SSSR count). The molecule has 116 valence electrons. The van der Waals surface area contributed by atoms with Gasteiger partial charge in [-0.1, -0.05) is 13.8 Å². The summed E-state index contributed by atoms with van der Waals surface area (Å²) in [4.78, 5) is 13.5. The van der Waals surface area contributed by atoms with Crippen molar-refractivity contribution in [2.24, 2.45) is 11.8 Å². The van der Waals surface area contributed by atoms with Crippen LogP contribution in [0.2, 0.25) is 0 Å². The number of nitrogens with zero attached hydrogens (tertiary/aromatic N) is 4. The zero-order chi connectivity index (χ0) is 14.8. The Hall–Kier alpha value is -1.36. The van der Waals surface area contributed by atoms with Gasteiger partial charge in [0, 0.05) is 38.3 Å². The van der Waals surface area contributed by atoms with E-state index in [-0.39, 0.29) is 0 Å². The third-order valence-corrected chi connectivity index (χ3v) is 4.71. The lowest BCUT2D eigenvalue weighted by atomic mass is 10.0. The van der Waals surface area contributed by atoms with Crippen molar-refractivity contribution in [3.05, 3.63) is 12.4 Å². The van der Waals surface area contributed by atoms with Crippen LogP contribution in [-0.4, -0.2) is 47.1 Å². The summed E-state index contributed by atoms with van der Waals surface area (Å²) in [6.07, 6.45) is 5.61. The maximum atomic E-state index is 5.81. The predicted molar refractivity (Wildman–Crippen MR) is 86.2 cm³/mol. The summed E-state index contributed by atoms with van der Waals surface area (Å²) in [7, 11) is 0. The molecule has 0 bridgehead atoms. The minimum atomic E-state index is 0.556. The van der Waals surface area contributed by atoms with Gasteiger partial charge in [-0.2, -0.15) is 0 Å². The fourth-order valence-corrected chi connectivity index (χ4v) is 3.30. The summed E-state index contributed by atoms with van der Waals surface area (Å²) >= 11 is 0. The number of nitrogen functional groups attached to an aromatic ring is 1. The third-order valence-electron chi connectivity index (χ3n) is 4.71. The maximum absolute atomic E-state index is 5.81. The topological polar surface area (TPSA) is 58.3 Å². The van der Waals surface area contributed by atoms with Crippen LogP contribution >= 0.6 is 0 Å². The van der Waals surface area contributed by atoms with E-state index in [0.29, 0.717) is 17.8 Å². The van der Waals surface area contributed by atoms with E-state index in [9.17, 15) is 0 Å². The Morgan fingerprint density at radius 2 is 2.10 bits per heavy atom. The molecule has 2 aliphatic rings. The summed E-state index contributed by atoms with van der Waals surface area (Å²) in [5, 5.41) is 0. The quantitative estimate of drug-likeness (QED) is 0.919. The van der Waals surface area contributed by atoms with Crippen LogP contribution in [0.25, 0.3) is 0 Å². The van der Waals surface area contributed by atoms with Crippen molar-refractivity contribution in [1.29, 1.82) is 0 Å². The van der Waals surface area contributed by atoms with Gasteiger partial charge in [-0.05, 0) is 31.1 Å². The van der Waals surface area contributed by atoms with Gasteiger partial charge < -0.3 is 10.6 Å². The van der Waals surface area contributed by atoms with Crippen molar-refractivity contribution in [3.63, 3.8) is 0 Å². The van der Waals surface area contributed by atoms with Crippen molar-refractivity contribution in [3.8, 4) is 0 Å². The van der Waals surface area contributed by atoms with Crippen LogP contribution < -0.4 is 10.6 Å². The fraction of sp³-hybridized carbons (Fsp3) is 0.750. The molecule has 2 heterocycles. The van der Waals surface area contributed by atoms with E-state index in [1.54, 1.807) is 6.33 Å². The van der Waals surface area contributed by atoms with Crippen LogP contribution in [0.15, 0.2) is 12.4 Å². The Morgan fingerprint density at radius 1 is 1.29 bits per heavy atom. The average Bonchev–Trinajstić information content (AvgIpc) is 3.26. The van der Waals surface area contributed by atoms with Crippen LogP contribution in [0.3, 0.4) is 0 Å². The molecule has 0 aromatic carbocycles. The molecule has 1 unspecified atom stereocenters. The molecule has 2 fully saturated rings. The summed E-state index contributed by atoms with van der Waals surface area (Å²) < 4.78 is 0. The van der Waals surface area contributed by atoms with E-state index in [0.717, 1.165) is 24.8 Å². The van der Waals surface area contributed by atoms with Crippen LogP contribution in [0.4, 0.5) is 11.6 Å². The maximum Gasteiger partial charge on any atom is 0.134 e. The molecule has 1 aliphatic carbocycles. The molecule has 1 atom stereocenters. The van der Waals surface area contributed by atoms with Crippen LogP contribution in [-0.2, 0) is 0 Å². The number of nitrogens with two attached hydrogens (primary N) is 1. The smallest absolute Gasteiger partial charge is 0.134 e. The third kappa shape index (κ3) is 3.64. The molecule has 0 spiro atoms. The van der Waals surface area contributed by atoms with E-state index in [1.165, 1.54) is 32.4 Å². The second-order valence-corrected chi connectivity index (χ2v) is 6.85. The second kappa shape index (κ2) is 6.18. The Bertz CT molecular complexity index is 471. The van der Waals surface area contributed by atoms with Gasteiger partial charge in [0.25, 0.3) is 0 Å². The van der Waals surface area contributed by atoms with Gasteiger partial charge in [0.2, 0.25) is 0 Å². The Labute approximate surface area is 127 Å². The molecule has 2 N–H and O–H groups in total. The lowest BCUT2D eigenvalue weighted by Crippen LogP contribution is -2.45. The minimum Gasteiger partial charge on any atom is -0.384 e. The van der Waals surface area contributed by atoms with Crippen LogP contribution in [0, 0.1) is 11.8 Å². The zero-order valence-electron chi connectivity index (χ0n) is 13.2. The summed E-state index contributed by atoms with van der Waals surface area (Å²) in [5.74, 6) is 3.14. The molecule has 1 saturated carbocycles. The van der Waals surface area contributed by atoms with Gasteiger partial charge >= 0.3 is 0 Å². The zero-order valence-corrected chi connectivity index (χ0v) is 13.2. The highest BCUT2D eigenvalue weighted by molar-refractivity contribution is 5.46. The predicted octanol–water partition coefficient (Wildman–Crippen LogP) is 2.01. The number of aromatic nitrogens is 2. The lowest BCUT2D eigenvalue weighted by molar-refractivity contribution is 0.162. The summed E-state index contributed by atoms with van der Waals surface area (Å²) in [5.41, 5.74) is 5.81. The van der Waals surface area contributed by atoms with Gasteiger partial charge in [0.05, 0.1) is 0 Å². The van der Waals surface area contributed by atoms with Crippen LogP contribution in [0.1, 0.15) is 33.1 Å². The highest BCUT2D eigenvalue weighted by Crippen LogP contribution is 2.32. The Balaban J connectivity index is 1.75. The van der Waals surface area contributed by atoms with E-state index >= 15 is 0 Å². The fourth-order valence-electron chi connectivity index (χ4n) is 3.30. The molecule has 1 saturated heterocycles. The van der Waals surface area contributed by atoms with E-state index in [2.05, 4.69) is 33.6 Å². The summed E-state index contributed by atoms with van der Waals surface area (Å²) in [6.45, 7) is 9.26. The first kappa shape index (κ1) is 14.6. The number of rotatable bonds is 4. The highest BCUT2D eigenvalue weighted by Gasteiger charge is 2.32. The monoisotopic (exact) mass is 289 g/mol. The Morgan fingerprint density at radius 3 is 2.76 bits per heavy atom. The Kier molecular flexibility index (Phi) is 4.29. The van der Waals surface area contributed by atoms with E-state index in [1.807, 2.05) is 6.07 Å². The van der Waals surface area contributed by atoms with Crippen molar-refractivity contribution in [1.82, 2.24) is 14.9 Å². The SMILES string of the molecule is CC(C)C1CN(c2cc(N)ncn2)CCCN1CC1CC1. The average molecular weight is 289 g/mol. The van der Waals surface area contributed by atoms with Gasteiger partial charge in [-0.3, -0.25) is 4.90 Å². The van der Waals surface area contributed by atoms with Gasteiger partial charge in [-0.15, -0.1) is 0 Å². The first-order valence-corrected chi connectivity index (χ1v) is 8.20. The molecule has 21 heavy (non-hydrogen) atoms. The van der Waals surface area contributed by atoms with E-state index < -0.39 is 0 Å². The molecule has 0 radical (unpaired) electrons. The molecule has 5 heteroatoms. The lowest BCUT2D eigenvalue weighted by Gasteiger charge is -2.35. The largest absolute Gasteiger partial charge is 0.384 e. The summed E-state index contributed by atoms with van der Waals surface area (Å²) in [6, 6.07) is 2.50. The van der Waals surface area contributed by atoms with Crippen LogP contribution in [0.5, 0.6) is 0 Å². The molecular weight excluding hydrogens is 262 g/mol. The molecule has 1 aromatic heterocycles. The molecular formula is C16H27N5. The highest BCUT2D eigenvalue weighted by atomic mass is 15.3.